The van der Waals surface area contributed by atoms with Gasteiger partial charge in [0.25, 0.3) is 0 Å². The van der Waals surface area contributed by atoms with Crippen molar-refractivity contribution in [3.05, 3.63) is 59.9 Å². The Hall–Kier alpha value is -2.29. The van der Waals surface area contributed by atoms with Crippen LogP contribution in [0.5, 0.6) is 0 Å². The molecule has 0 unspecified atom stereocenters. The van der Waals surface area contributed by atoms with Gasteiger partial charge >= 0.3 is 0 Å². The lowest BCUT2D eigenvalue weighted by molar-refractivity contribution is 1.13. The molecule has 0 radical (unpaired) electrons. The minimum absolute atomic E-state index is 0.803. The second-order valence-electron chi connectivity index (χ2n) is 4.62. The topological polar surface area (TPSA) is 40.7 Å². The molecule has 3 heteroatoms. The maximum Gasteiger partial charge on any atom is 0.137 e. The Bertz CT molecular complexity index is 668. The van der Waals surface area contributed by atoms with Gasteiger partial charge in [-0.1, -0.05) is 19.1 Å². The summed E-state index contributed by atoms with van der Waals surface area (Å²) in [5.74, 6) is 0. The first kappa shape index (κ1) is 11.8. The zero-order valence-electron chi connectivity index (χ0n) is 11.0. The number of nitrogens with zero attached hydrogens (tertiary/aromatic N) is 1. The molecule has 19 heavy (non-hydrogen) atoms. The molecule has 0 spiro atoms. The van der Waals surface area contributed by atoms with Gasteiger partial charge in [0.05, 0.1) is 0 Å². The average molecular weight is 251 g/mol. The van der Waals surface area contributed by atoms with Crippen LogP contribution in [0.4, 0.5) is 5.69 Å². The Morgan fingerprint density at radius 3 is 2.79 bits per heavy atom. The predicted octanol–water partition coefficient (Wildman–Crippen LogP) is 3.74. The minimum atomic E-state index is 0.803. The summed E-state index contributed by atoms with van der Waals surface area (Å²) in [6, 6.07) is 12.7. The molecule has 0 atom stereocenters. The molecule has 2 N–H and O–H groups in total. The molecule has 0 aliphatic heterocycles. The number of nitrogens with one attached hydrogen (secondary N) is 2. The molecule has 0 aliphatic rings. The van der Waals surface area contributed by atoms with Crippen molar-refractivity contribution >= 4 is 16.7 Å². The van der Waals surface area contributed by atoms with E-state index in [1.54, 1.807) is 6.20 Å². The van der Waals surface area contributed by atoms with Crippen LogP contribution in [0, 0.1) is 0 Å². The highest BCUT2D eigenvalue weighted by molar-refractivity contribution is 5.79. The van der Waals surface area contributed by atoms with Gasteiger partial charge in [-0.25, -0.2) is 4.98 Å². The maximum atomic E-state index is 4.30. The fourth-order valence-corrected chi connectivity index (χ4v) is 2.21. The Morgan fingerprint density at radius 1 is 1.16 bits per heavy atom. The Kier molecular flexibility index (Phi) is 3.19. The van der Waals surface area contributed by atoms with Gasteiger partial charge in [-0.2, -0.15) is 0 Å². The summed E-state index contributed by atoms with van der Waals surface area (Å²) in [5, 5.41) is 4.62. The SMILES string of the molecule is CCc1ccc(NCc2c[nH]c3ncccc23)cc1. The number of aromatic nitrogens is 2. The highest BCUT2D eigenvalue weighted by atomic mass is 14.9. The van der Waals surface area contributed by atoms with E-state index < -0.39 is 0 Å². The molecule has 0 saturated heterocycles. The Labute approximate surface area is 112 Å². The maximum absolute atomic E-state index is 4.30. The van der Waals surface area contributed by atoms with Crippen LogP contribution in [0.25, 0.3) is 11.0 Å². The normalized spacial score (nSPS) is 10.8. The molecule has 2 aromatic heterocycles. The van der Waals surface area contributed by atoms with Crippen molar-refractivity contribution in [3.63, 3.8) is 0 Å². The van der Waals surface area contributed by atoms with Gasteiger partial charge < -0.3 is 10.3 Å². The lowest BCUT2D eigenvalue weighted by Gasteiger charge is -2.06. The van der Waals surface area contributed by atoms with Crippen molar-refractivity contribution in [2.24, 2.45) is 0 Å². The van der Waals surface area contributed by atoms with E-state index in [1.807, 2.05) is 12.3 Å². The zero-order valence-corrected chi connectivity index (χ0v) is 11.0. The summed E-state index contributed by atoms with van der Waals surface area (Å²) in [5.41, 5.74) is 4.69. The summed E-state index contributed by atoms with van der Waals surface area (Å²) in [4.78, 5) is 7.49. The van der Waals surface area contributed by atoms with Gasteiger partial charge in [-0.3, -0.25) is 0 Å². The second-order valence-corrected chi connectivity index (χ2v) is 4.62. The fourth-order valence-electron chi connectivity index (χ4n) is 2.21. The van der Waals surface area contributed by atoms with E-state index >= 15 is 0 Å². The average Bonchev–Trinajstić information content (AvgIpc) is 2.89. The van der Waals surface area contributed by atoms with E-state index in [1.165, 1.54) is 16.5 Å². The van der Waals surface area contributed by atoms with Gasteiger partial charge in [0.1, 0.15) is 5.65 Å². The molecule has 2 heterocycles. The molecular formula is C16H17N3. The summed E-state index contributed by atoms with van der Waals surface area (Å²) < 4.78 is 0. The third-order valence-electron chi connectivity index (χ3n) is 3.38. The van der Waals surface area contributed by atoms with Gasteiger partial charge in [0.15, 0.2) is 0 Å². The lowest BCUT2D eigenvalue weighted by Crippen LogP contribution is -1.98. The van der Waals surface area contributed by atoms with Crippen LogP contribution in [0.15, 0.2) is 48.8 Å². The molecule has 0 saturated carbocycles. The number of H-pyrrole nitrogens is 1. The van der Waals surface area contributed by atoms with Crippen LogP contribution in [0.1, 0.15) is 18.1 Å². The summed E-state index contributed by atoms with van der Waals surface area (Å²) in [6.45, 7) is 2.97. The van der Waals surface area contributed by atoms with E-state index in [-0.39, 0.29) is 0 Å². The van der Waals surface area contributed by atoms with Gasteiger partial charge in [-0.05, 0) is 41.8 Å². The molecule has 3 aromatic rings. The molecule has 0 fully saturated rings. The number of benzene rings is 1. The summed E-state index contributed by atoms with van der Waals surface area (Å²) >= 11 is 0. The van der Waals surface area contributed by atoms with Crippen LogP contribution in [0.3, 0.4) is 0 Å². The smallest absolute Gasteiger partial charge is 0.137 e. The number of hydrogen-bond acceptors (Lipinski definition) is 2. The Morgan fingerprint density at radius 2 is 2.00 bits per heavy atom. The molecule has 3 nitrogen and oxygen atoms in total. The number of aromatic amines is 1. The van der Waals surface area contributed by atoms with Crippen LogP contribution < -0.4 is 5.32 Å². The number of anilines is 1. The van der Waals surface area contributed by atoms with Crippen molar-refractivity contribution in [2.45, 2.75) is 19.9 Å². The second kappa shape index (κ2) is 5.14. The van der Waals surface area contributed by atoms with Crippen LogP contribution in [-0.2, 0) is 13.0 Å². The first-order valence-corrected chi connectivity index (χ1v) is 6.60. The quantitative estimate of drug-likeness (QED) is 0.741. The number of fused-ring (bicyclic) bond motifs is 1. The van der Waals surface area contributed by atoms with E-state index in [9.17, 15) is 0 Å². The fraction of sp³-hybridized carbons (Fsp3) is 0.188. The van der Waals surface area contributed by atoms with E-state index in [4.69, 9.17) is 0 Å². The molecule has 3 rings (SSSR count). The lowest BCUT2D eigenvalue weighted by atomic mass is 10.1. The van der Waals surface area contributed by atoms with Gasteiger partial charge in [-0.15, -0.1) is 0 Å². The third-order valence-corrected chi connectivity index (χ3v) is 3.38. The highest BCUT2D eigenvalue weighted by Gasteiger charge is 2.03. The van der Waals surface area contributed by atoms with Crippen molar-refractivity contribution in [1.29, 1.82) is 0 Å². The van der Waals surface area contributed by atoms with Crippen molar-refractivity contribution in [1.82, 2.24) is 9.97 Å². The van der Waals surface area contributed by atoms with Gasteiger partial charge in [0.2, 0.25) is 0 Å². The molecule has 1 aromatic carbocycles. The van der Waals surface area contributed by atoms with E-state index in [0.717, 1.165) is 24.3 Å². The van der Waals surface area contributed by atoms with E-state index in [0.29, 0.717) is 0 Å². The first-order chi connectivity index (χ1) is 9.36. The van der Waals surface area contributed by atoms with Crippen LogP contribution in [0.2, 0.25) is 0 Å². The highest BCUT2D eigenvalue weighted by Crippen LogP contribution is 2.17. The standard InChI is InChI=1S/C16H17N3/c1-2-12-5-7-14(8-6-12)18-10-13-11-19-16-15(13)4-3-9-17-16/h3-9,11,18H,2,10H2,1H3,(H,17,19). The Balaban J connectivity index is 1.74. The molecule has 0 amide bonds. The minimum Gasteiger partial charge on any atom is -0.381 e. The van der Waals surface area contributed by atoms with Crippen molar-refractivity contribution in [3.8, 4) is 0 Å². The third kappa shape index (κ3) is 2.45. The molecule has 0 bridgehead atoms. The zero-order chi connectivity index (χ0) is 13.1. The molecule has 0 aliphatic carbocycles. The number of aryl methyl sites for hydroxylation is 1. The largest absolute Gasteiger partial charge is 0.381 e. The predicted molar refractivity (Wildman–Crippen MR) is 79.2 cm³/mol. The molecular weight excluding hydrogens is 234 g/mol. The summed E-state index contributed by atoms with van der Waals surface area (Å²) in [7, 11) is 0. The molecule has 96 valence electrons. The van der Waals surface area contributed by atoms with Gasteiger partial charge in [0, 0.05) is 30.0 Å². The first-order valence-electron chi connectivity index (χ1n) is 6.60. The number of pyridine rings is 1. The monoisotopic (exact) mass is 251 g/mol. The van der Waals surface area contributed by atoms with Crippen LogP contribution >= 0.6 is 0 Å². The van der Waals surface area contributed by atoms with Crippen molar-refractivity contribution < 1.29 is 0 Å². The number of rotatable bonds is 4. The van der Waals surface area contributed by atoms with E-state index in [2.05, 4.69) is 52.5 Å². The number of hydrogen-bond donors (Lipinski definition) is 2. The summed E-state index contributed by atoms with van der Waals surface area (Å²) in [6.07, 6.45) is 4.90. The van der Waals surface area contributed by atoms with Crippen LogP contribution in [-0.4, -0.2) is 9.97 Å². The van der Waals surface area contributed by atoms with Crippen molar-refractivity contribution in [2.75, 3.05) is 5.32 Å².